The molecule has 3 heteroatoms. The number of aliphatic carboxylic acids is 1. The smallest absolute Gasteiger partial charge is 0.300 e. The molecule has 2 N–H and O–H groups in total. The molecule has 3 rings (SSSR count). The molecule has 3 aliphatic rings. The predicted molar refractivity (Wildman–Crippen MR) is 56.4 cm³/mol. The van der Waals surface area contributed by atoms with Gasteiger partial charge in [0.15, 0.2) is 0 Å². The molecule has 3 aliphatic carbocycles. The maximum absolute atomic E-state index is 9.78. The summed E-state index contributed by atoms with van der Waals surface area (Å²) in [5.41, 5.74) is 0. The molecule has 0 saturated heterocycles. The lowest BCUT2D eigenvalue weighted by molar-refractivity contribution is -0.134. The normalized spacial score (nSPS) is 45.9. The van der Waals surface area contributed by atoms with Crippen LogP contribution in [0.25, 0.3) is 0 Å². The summed E-state index contributed by atoms with van der Waals surface area (Å²) in [5, 5.41) is 17.2. The van der Waals surface area contributed by atoms with E-state index in [9.17, 15) is 5.11 Å². The predicted octanol–water partition coefficient (Wildman–Crippen LogP) is 1.89. The first kappa shape index (κ1) is 10.9. The van der Waals surface area contributed by atoms with Crippen molar-refractivity contribution in [3.63, 3.8) is 0 Å². The third-order valence-electron chi connectivity index (χ3n) is 4.40. The number of aliphatic hydroxyl groups is 1. The highest BCUT2D eigenvalue weighted by Crippen LogP contribution is 2.58. The summed E-state index contributed by atoms with van der Waals surface area (Å²) in [6, 6.07) is 0. The molecule has 0 aromatic heterocycles. The molecule has 0 amide bonds. The summed E-state index contributed by atoms with van der Waals surface area (Å²) in [4.78, 5) is 9.00. The Bertz CT molecular complexity index is 247. The molecule has 15 heavy (non-hydrogen) atoms. The van der Waals surface area contributed by atoms with E-state index in [0.29, 0.717) is 0 Å². The summed E-state index contributed by atoms with van der Waals surface area (Å²) in [6.45, 7) is 1.08. The van der Waals surface area contributed by atoms with Crippen LogP contribution in [0.15, 0.2) is 0 Å². The third kappa shape index (κ3) is 2.03. The topological polar surface area (TPSA) is 57.5 Å². The SMILES string of the molecule is CC(=O)O.OC1CCC2CC3CCC2C13. The zero-order valence-corrected chi connectivity index (χ0v) is 9.22. The van der Waals surface area contributed by atoms with Gasteiger partial charge in [-0.25, -0.2) is 0 Å². The van der Waals surface area contributed by atoms with Gasteiger partial charge in [-0.2, -0.15) is 0 Å². The van der Waals surface area contributed by atoms with Crippen molar-refractivity contribution in [2.75, 3.05) is 0 Å². The van der Waals surface area contributed by atoms with Crippen LogP contribution in [0.5, 0.6) is 0 Å². The Balaban J connectivity index is 0.000000188. The molecule has 0 aliphatic heterocycles. The van der Waals surface area contributed by atoms with Gasteiger partial charge >= 0.3 is 0 Å². The van der Waals surface area contributed by atoms with E-state index in [1.54, 1.807) is 0 Å². The van der Waals surface area contributed by atoms with Crippen LogP contribution in [0.2, 0.25) is 0 Å². The van der Waals surface area contributed by atoms with Crippen molar-refractivity contribution in [1.82, 2.24) is 0 Å². The van der Waals surface area contributed by atoms with Gasteiger partial charge in [0.05, 0.1) is 6.10 Å². The van der Waals surface area contributed by atoms with Crippen LogP contribution in [0.3, 0.4) is 0 Å². The Labute approximate surface area is 90.5 Å². The van der Waals surface area contributed by atoms with E-state index in [1.807, 2.05) is 0 Å². The molecule has 3 nitrogen and oxygen atoms in total. The van der Waals surface area contributed by atoms with Crippen molar-refractivity contribution in [3.05, 3.63) is 0 Å². The van der Waals surface area contributed by atoms with Gasteiger partial charge in [-0.3, -0.25) is 4.79 Å². The maximum Gasteiger partial charge on any atom is 0.300 e. The number of hydrogen-bond donors (Lipinski definition) is 2. The average Bonchev–Trinajstić information content (AvgIpc) is 2.66. The minimum absolute atomic E-state index is 0.0752. The first-order valence-corrected chi connectivity index (χ1v) is 5.97. The average molecular weight is 212 g/mol. The summed E-state index contributed by atoms with van der Waals surface area (Å²) in [5.74, 6) is 2.77. The summed E-state index contributed by atoms with van der Waals surface area (Å²) < 4.78 is 0. The Kier molecular flexibility index (Phi) is 3.01. The van der Waals surface area contributed by atoms with Crippen LogP contribution < -0.4 is 0 Å². The molecule has 5 atom stereocenters. The molecular formula is C12H20O3. The molecule has 0 spiro atoms. The van der Waals surface area contributed by atoms with E-state index < -0.39 is 5.97 Å². The number of carboxylic acids is 1. The zero-order valence-electron chi connectivity index (χ0n) is 9.22. The fraction of sp³-hybridized carbons (Fsp3) is 0.917. The minimum Gasteiger partial charge on any atom is -0.481 e. The third-order valence-corrected chi connectivity index (χ3v) is 4.40. The Hall–Kier alpha value is -0.570. The molecular weight excluding hydrogens is 192 g/mol. The zero-order chi connectivity index (χ0) is 11.0. The van der Waals surface area contributed by atoms with Gasteiger partial charge in [-0.05, 0) is 55.8 Å². The first-order valence-electron chi connectivity index (χ1n) is 5.97. The molecule has 0 aromatic carbocycles. The second kappa shape index (κ2) is 4.12. The Morgan fingerprint density at radius 3 is 2.33 bits per heavy atom. The van der Waals surface area contributed by atoms with E-state index >= 15 is 0 Å². The van der Waals surface area contributed by atoms with Crippen LogP contribution in [-0.4, -0.2) is 22.3 Å². The molecule has 0 radical (unpaired) electrons. The molecule has 0 aromatic rings. The number of carboxylic acid groups (broad SMARTS) is 1. The molecule has 0 heterocycles. The fourth-order valence-corrected chi connectivity index (χ4v) is 4.04. The van der Waals surface area contributed by atoms with Crippen LogP contribution in [0, 0.1) is 23.7 Å². The van der Waals surface area contributed by atoms with Crippen molar-refractivity contribution < 1.29 is 15.0 Å². The van der Waals surface area contributed by atoms with Gasteiger partial charge in [0.2, 0.25) is 0 Å². The second-order valence-corrected chi connectivity index (χ2v) is 5.24. The Morgan fingerprint density at radius 1 is 1.13 bits per heavy atom. The highest BCUT2D eigenvalue weighted by molar-refractivity contribution is 5.62. The molecule has 86 valence electrons. The number of rotatable bonds is 0. The number of carbonyl (C=O) groups is 1. The van der Waals surface area contributed by atoms with Crippen molar-refractivity contribution in [2.24, 2.45) is 23.7 Å². The summed E-state index contributed by atoms with van der Waals surface area (Å²) in [6.07, 6.45) is 6.79. The van der Waals surface area contributed by atoms with Gasteiger partial charge < -0.3 is 10.2 Å². The van der Waals surface area contributed by atoms with Crippen LogP contribution >= 0.6 is 0 Å². The van der Waals surface area contributed by atoms with Crippen molar-refractivity contribution >= 4 is 5.97 Å². The van der Waals surface area contributed by atoms with Crippen molar-refractivity contribution in [2.45, 2.75) is 45.1 Å². The summed E-state index contributed by atoms with van der Waals surface area (Å²) in [7, 11) is 0. The minimum atomic E-state index is -0.833. The molecule has 3 fully saturated rings. The highest BCUT2D eigenvalue weighted by Gasteiger charge is 2.52. The lowest BCUT2D eigenvalue weighted by atomic mass is 9.77. The summed E-state index contributed by atoms with van der Waals surface area (Å²) >= 11 is 0. The van der Waals surface area contributed by atoms with E-state index in [4.69, 9.17) is 9.90 Å². The van der Waals surface area contributed by atoms with Gasteiger partial charge in [-0.1, -0.05) is 0 Å². The maximum atomic E-state index is 9.78. The van der Waals surface area contributed by atoms with Crippen molar-refractivity contribution in [3.8, 4) is 0 Å². The quantitative estimate of drug-likeness (QED) is 0.644. The number of hydrogen-bond acceptors (Lipinski definition) is 2. The van der Waals surface area contributed by atoms with E-state index in [1.165, 1.54) is 25.7 Å². The molecule has 3 saturated carbocycles. The van der Waals surface area contributed by atoms with Gasteiger partial charge in [-0.15, -0.1) is 0 Å². The van der Waals surface area contributed by atoms with Crippen LogP contribution in [-0.2, 0) is 4.79 Å². The van der Waals surface area contributed by atoms with Crippen molar-refractivity contribution in [1.29, 1.82) is 0 Å². The highest BCUT2D eigenvalue weighted by atomic mass is 16.4. The van der Waals surface area contributed by atoms with Gasteiger partial charge in [0, 0.05) is 6.92 Å². The fourth-order valence-electron chi connectivity index (χ4n) is 4.04. The Morgan fingerprint density at radius 2 is 1.73 bits per heavy atom. The largest absolute Gasteiger partial charge is 0.481 e. The van der Waals surface area contributed by atoms with E-state index in [2.05, 4.69) is 0 Å². The number of aliphatic hydroxyl groups excluding tert-OH is 1. The van der Waals surface area contributed by atoms with Gasteiger partial charge in [0.1, 0.15) is 0 Å². The molecule has 5 unspecified atom stereocenters. The second-order valence-electron chi connectivity index (χ2n) is 5.24. The van der Waals surface area contributed by atoms with E-state index in [-0.39, 0.29) is 6.10 Å². The molecule has 4 bridgehead atoms. The standard InChI is InChI=1S/C10H16O.C2H4O2/c11-9-4-2-6-5-7-1-3-8(6)10(7)9;1-2(3)4/h6-11H,1-5H2;1H3,(H,3,4). The monoisotopic (exact) mass is 212 g/mol. The lowest BCUT2D eigenvalue weighted by Crippen LogP contribution is -2.30. The lowest BCUT2D eigenvalue weighted by Gasteiger charge is -2.30. The van der Waals surface area contributed by atoms with Crippen LogP contribution in [0.4, 0.5) is 0 Å². The van der Waals surface area contributed by atoms with E-state index in [0.717, 1.165) is 37.0 Å². The van der Waals surface area contributed by atoms with Gasteiger partial charge in [0.25, 0.3) is 5.97 Å². The van der Waals surface area contributed by atoms with Crippen LogP contribution in [0.1, 0.15) is 39.0 Å². The first-order chi connectivity index (χ1) is 7.09.